The molecule has 2 N–H and O–H groups in total. The number of nitrogens with one attached hydrogen (secondary N) is 1. The highest BCUT2D eigenvalue weighted by atomic mass is 79.9. The molecule has 1 aliphatic heterocycles. The number of hydrogen-bond donors (Lipinski definition) is 2. The first kappa shape index (κ1) is 14.8. The Labute approximate surface area is 124 Å². The summed E-state index contributed by atoms with van der Waals surface area (Å²) < 4.78 is 1.14. The Morgan fingerprint density at radius 1 is 1.47 bits per heavy atom. The van der Waals surface area contributed by atoms with Gasteiger partial charge in [0.05, 0.1) is 5.60 Å². The first-order valence-corrected chi connectivity index (χ1v) is 7.77. The Morgan fingerprint density at radius 2 is 2.26 bits per heavy atom. The van der Waals surface area contributed by atoms with Gasteiger partial charge in [-0.25, -0.2) is 0 Å². The van der Waals surface area contributed by atoms with Crippen LogP contribution < -0.4 is 10.2 Å². The zero-order chi connectivity index (χ0) is 13.9. The zero-order valence-electron chi connectivity index (χ0n) is 11.7. The minimum Gasteiger partial charge on any atom is -0.388 e. The highest BCUT2D eigenvalue weighted by molar-refractivity contribution is 9.10. The van der Waals surface area contributed by atoms with Crippen molar-refractivity contribution in [1.29, 1.82) is 0 Å². The van der Waals surface area contributed by atoms with Crippen LogP contribution in [0.2, 0.25) is 0 Å². The molecule has 1 saturated heterocycles. The average molecular weight is 327 g/mol. The fourth-order valence-electron chi connectivity index (χ4n) is 2.44. The highest BCUT2D eigenvalue weighted by Crippen LogP contribution is 2.29. The van der Waals surface area contributed by atoms with E-state index in [0.717, 1.165) is 36.9 Å². The number of aliphatic hydroxyl groups is 1. The van der Waals surface area contributed by atoms with Gasteiger partial charge in [0.2, 0.25) is 0 Å². The number of β-amino-alcohol motifs (C(OH)–C–C–N with tert-alkyl or cyclic N) is 1. The second-order valence-electron chi connectivity index (χ2n) is 5.62. The fourth-order valence-corrected chi connectivity index (χ4v) is 2.95. The highest BCUT2D eigenvalue weighted by Gasteiger charge is 2.31. The summed E-state index contributed by atoms with van der Waals surface area (Å²) in [6, 6.07) is 6.47. The van der Waals surface area contributed by atoms with Crippen LogP contribution in [0.1, 0.15) is 32.3 Å². The maximum atomic E-state index is 10.0. The molecular weight excluding hydrogens is 304 g/mol. The van der Waals surface area contributed by atoms with Gasteiger partial charge in [-0.3, -0.25) is 0 Å². The van der Waals surface area contributed by atoms with Gasteiger partial charge in [0, 0.05) is 29.8 Å². The van der Waals surface area contributed by atoms with E-state index in [1.165, 1.54) is 11.3 Å². The van der Waals surface area contributed by atoms with Crippen LogP contribution in [-0.2, 0) is 6.54 Å². The van der Waals surface area contributed by atoms with Crippen LogP contribution in [0, 0.1) is 0 Å². The molecule has 0 amide bonds. The Bertz CT molecular complexity index is 434. The van der Waals surface area contributed by atoms with Gasteiger partial charge in [0.15, 0.2) is 0 Å². The molecule has 1 aromatic rings. The SMILES string of the molecule is CCCNCc1ccc(N2CCC(C)(O)C2)cc1Br. The minimum absolute atomic E-state index is 0.548. The number of nitrogens with zero attached hydrogens (tertiary/aromatic N) is 1. The topological polar surface area (TPSA) is 35.5 Å². The van der Waals surface area contributed by atoms with E-state index in [1.807, 2.05) is 6.92 Å². The summed E-state index contributed by atoms with van der Waals surface area (Å²) >= 11 is 3.65. The van der Waals surface area contributed by atoms with Crippen molar-refractivity contribution in [3.05, 3.63) is 28.2 Å². The van der Waals surface area contributed by atoms with E-state index in [0.29, 0.717) is 6.54 Å². The van der Waals surface area contributed by atoms with Crippen LogP contribution in [0.5, 0.6) is 0 Å². The largest absolute Gasteiger partial charge is 0.388 e. The van der Waals surface area contributed by atoms with E-state index in [-0.39, 0.29) is 0 Å². The molecule has 0 saturated carbocycles. The van der Waals surface area contributed by atoms with Gasteiger partial charge in [-0.1, -0.05) is 28.9 Å². The summed E-state index contributed by atoms with van der Waals surface area (Å²) in [5.41, 5.74) is 1.92. The Kier molecular flexibility index (Phi) is 4.87. The van der Waals surface area contributed by atoms with Crippen molar-refractivity contribution in [3.8, 4) is 0 Å². The lowest BCUT2D eigenvalue weighted by Crippen LogP contribution is -2.29. The summed E-state index contributed by atoms with van der Waals surface area (Å²) in [6.07, 6.45) is 1.99. The van der Waals surface area contributed by atoms with E-state index in [9.17, 15) is 5.11 Å². The molecule has 106 valence electrons. The predicted octanol–water partition coefficient (Wildman–Crippen LogP) is 2.91. The summed E-state index contributed by atoms with van der Waals surface area (Å²) in [6.45, 7) is 7.66. The molecule has 1 unspecified atom stereocenters. The molecule has 0 aliphatic carbocycles. The molecule has 0 aromatic heterocycles. The van der Waals surface area contributed by atoms with E-state index in [4.69, 9.17) is 0 Å². The lowest BCUT2D eigenvalue weighted by molar-refractivity contribution is 0.0839. The van der Waals surface area contributed by atoms with Crippen molar-refractivity contribution in [3.63, 3.8) is 0 Å². The van der Waals surface area contributed by atoms with Gasteiger partial charge in [-0.05, 0) is 44.0 Å². The third-order valence-corrected chi connectivity index (χ3v) is 4.33. The van der Waals surface area contributed by atoms with Gasteiger partial charge >= 0.3 is 0 Å². The second kappa shape index (κ2) is 6.25. The van der Waals surface area contributed by atoms with Crippen molar-refractivity contribution < 1.29 is 5.11 Å². The lowest BCUT2D eigenvalue weighted by atomic mass is 10.1. The molecule has 0 spiro atoms. The summed E-state index contributed by atoms with van der Waals surface area (Å²) in [7, 11) is 0. The summed E-state index contributed by atoms with van der Waals surface area (Å²) in [4.78, 5) is 2.24. The van der Waals surface area contributed by atoms with E-state index < -0.39 is 5.60 Å². The zero-order valence-corrected chi connectivity index (χ0v) is 13.3. The molecule has 1 heterocycles. The van der Waals surface area contributed by atoms with Crippen molar-refractivity contribution in [2.45, 2.75) is 38.8 Å². The molecule has 1 aliphatic rings. The molecule has 2 rings (SSSR count). The third-order valence-electron chi connectivity index (χ3n) is 3.60. The summed E-state index contributed by atoms with van der Waals surface area (Å²) in [5, 5.41) is 13.4. The van der Waals surface area contributed by atoms with Gasteiger partial charge in [-0.2, -0.15) is 0 Å². The fraction of sp³-hybridized carbons (Fsp3) is 0.600. The Hall–Kier alpha value is -0.580. The smallest absolute Gasteiger partial charge is 0.0810 e. The molecule has 1 atom stereocenters. The molecular formula is C15H23BrN2O. The quantitative estimate of drug-likeness (QED) is 0.817. The van der Waals surface area contributed by atoms with Crippen LogP contribution in [0.3, 0.4) is 0 Å². The van der Waals surface area contributed by atoms with Gasteiger partial charge in [-0.15, -0.1) is 0 Å². The molecule has 1 aromatic carbocycles. The van der Waals surface area contributed by atoms with E-state index >= 15 is 0 Å². The number of anilines is 1. The maximum Gasteiger partial charge on any atom is 0.0810 e. The molecule has 4 heteroatoms. The molecule has 0 radical (unpaired) electrons. The number of rotatable bonds is 5. The van der Waals surface area contributed by atoms with Crippen molar-refractivity contribution in [2.24, 2.45) is 0 Å². The average Bonchev–Trinajstić information content (AvgIpc) is 2.72. The van der Waals surface area contributed by atoms with Crippen LogP contribution in [0.4, 0.5) is 5.69 Å². The number of benzene rings is 1. The molecule has 0 bridgehead atoms. The van der Waals surface area contributed by atoms with Crippen molar-refractivity contribution in [1.82, 2.24) is 5.32 Å². The second-order valence-corrected chi connectivity index (χ2v) is 6.48. The Balaban J connectivity index is 2.02. The third kappa shape index (κ3) is 3.94. The minimum atomic E-state index is -0.548. The molecule has 1 fully saturated rings. The number of hydrogen-bond acceptors (Lipinski definition) is 3. The lowest BCUT2D eigenvalue weighted by Gasteiger charge is -2.21. The van der Waals surface area contributed by atoms with Gasteiger partial charge in [0.1, 0.15) is 0 Å². The van der Waals surface area contributed by atoms with Gasteiger partial charge < -0.3 is 15.3 Å². The van der Waals surface area contributed by atoms with E-state index in [1.54, 1.807) is 0 Å². The first-order chi connectivity index (χ1) is 9.02. The predicted molar refractivity (Wildman–Crippen MR) is 83.6 cm³/mol. The Morgan fingerprint density at radius 3 is 2.84 bits per heavy atom. The normalized spacial score (nSPS) is 23.1. The van der Waals surface area contributed by atoms with Crippen molar-refractivity contribution >= 4 is 21.6 Å². The van der Waals surface area contributed by atoms with Crippen LogP contribution in [0.15, 0.2) is 22.7 Å². The van der Waals surface area contributed by atoms with Gasteiger partial charge in [0.25, 0.3) is 0 Å². The van der Waals surface area contributed by atoms with Crippen LogP contribution in [0.25, 0.3) is 0 Å². The van der Waals surface area contributed by atoms with Crippen molar-refractivity contribution in [2.75, 3.05) is 24.5 Å². The summed E-state index contributed by atoms with van der Waals surface area (Å²) in [5.74, 6) is 0. The first-order valence-electron chi connectivity index (χ1n) is 6.98. The number of halogens is 1. The molecule has 3 nitrogen and oxygen atoms in total. The monoisotopic (exact) mass is 326 g/mol. The maximum absolute atomic E-state index is 10.0. The standard InChI is InChI=1S/C15H23BrN2O/c1-3-7-17-10-12-4-5-13(9-14(12)16)18-8-6-15(2,19)11-18/h4-5,9,17,19H,3,6-8,10-11H2,1-2H3. The van der Waals surface area contributed by atoms with Crippen LogP contribution >= 0.6 is 15.9 Å². The van der Waals surface area contributed by atoms with E-state index in [2.05, 4.69) is 51.3 Å². The molecule has 19 heavy (non-hydrogen) atoms. The van der Waals surface area contributed by atoms with Crippen LogP contribution in [-0.4, -0.2) is 30.3 Å².